The van der Waals surface area contributed by atoms with Crippen molar-refractivity contribution in [1.29, 1.82) is 0 Å². The second-order valence-corrected chi connectivity index (χ2v) is 8.60. The minimum absolute atomic E-state index is 0.765. The molecule has 0 saturated carbocycles. The van der Waals surface area contributed by atoms with Gasteiger partial charge in [-0.05, 0) is 57.1 Å². The molecule has 1 aromatic heterocycles. The number of aryl methyl sites for hydroxylation is 1. The van der Waals surface area contributed by atoms with E-state index in [0.29, 0.717) is 0 Å². The lowest BCUT2D eigenvalue weighted by Crippen LogP contribution is -2.13. The zero-order chi connectivity index (χ0) is 20.9. The van der Waals surface area contributed by atoms with E-state index < -0.39 is 0 Å². The standard InChI is InChI=1S/C26H32N4/c1-19-12-13-22-21(16-19)18-23-25(22)26(27-14-8-5-9-15-30(2)3)29-24(28-23)17-20-10-6-4-7-11-20/h4,6-7,10-13,16H,5,8-9,14-15,17-18H2,1-3H3,(H,27,28,29). The number of anilines is 1. The quantitative estimate of drug-likeness (QED) is 0.397. The lowest BCUT2D eigenvalue weighted by molar-refractivity contribution is 0.393. The van der Waals surface area contributed by atoms with Crippen LogP contribution in [0.15, 0.2) is 48.5 Å². The Morgan fingerprint density at radius 2 is 1.80 bits per heavy atom. The Morgan fingerprint density at radius 1 is 0.967 bits per heavy atom. The molecule has 156 valence electrons. The first-order valence-electron chi connectivity index (χ1n) is 11.0. The zero-order valence-corrected chi connectivity index (χ0v) is 18.4. The number of nitrogens with zero attached hydrogens (tertiary/aromatic N) is 3. The summed E-state index contributed by atoms with van der Waals surface area (Å²) in [5.41, 5.74) is 7.57. The summed E-state index contributed by atoms with van der Waals surface area (Å²) in [7, 11) is 4.27. The molecular formula is C26H32N4. The predicted octanol–water partition coefficient (Wildman–Crippen LogP) is 5.09. The van der Waals surface area contributed by atoms with Crippen LogP contribution >= 0.6 is 0 Å². The fraction of sp³-hybridized carbons (Fsp3) is 0.385. The van der Waals surface area contributed by atoms with E-state index in [0.717, 1.165) is 49.7 Å². The first-order chi connectivity index (χ1) is 14.6. The number of fused-ring (bicyclic) bond motifs is 3. The van der Waals surface area contributed by atoms with Crippen molar-refractivity contribution in [2.75, 3.05) is 32.5 Å². The van der Waals surface area contributed by atoms with E-state index in [1.807, 2.05) is 0 Å². The van der Waals surface area contributed by atoms with Crippen LogP contribution in [0.25, 0.3) is 11.1 Å². The maximum absolute atomic E-state index is 4.98. The molecule has 0 unspecified atom stereocenters. The number of aromatic nitrogens is 2. The fourth-order valence-corrected chi connectivity index (χ4v) is 4.18. The number of hydrogen-bond acceptors (Lipinski definition) is 4. The van der Waals surface area contributed by atoms with Crippen LogP contribution in [0.4, 0.5) is 5.82 Å². The maximum Gasteiger partial charge on any atom is 0.137 e. The molecule has 4 heteroatoms. The van der Waals surface area contributed by atoms with E-state index in [-0.39, 0.29) is 0 Å². The molecule has 0 radical (unpaired) electrons. The average Bonchev–Trinajstić information content (AvgIpc) is 3.08. The third-order valence-electron chi connectivity index (χ3n) is 5.70. The molecule has 0 saturated heterocycles. The van der Waals surface area contributed by atoms with Crippen LogP contribution in [-0.4, -0.2) is 42.1 Å². The van der Waals surface area contributed by atoms with E-state index in [9.17, 15) is 0 Å². The first kappa shape index (κ1) is 20.5. The van der Waals surface area contributed by atoms with Crippen LogP contribution in [0.5, 0.6) is 0 Å². The van der Waals surface area contributed by atoms with E-state index in [1.54, 1.807) is 0 Å². The molecule has 0 spiro atoms. The van der Waals surface area contributed by atoms with Gasteiger partial charge in [0.1, 0.15) is 11.6 Å². The summed E-state index contributed by atoms with van der Waals surface area (Å²) in [6.45, 7) is 4.25. The second-order valence-electron chi connectivity index (χ2n) is 8.60. The fourth-order valence-electron chi connectivity index (χ4n) is 4.18. The lowest BCUT2D eigenvalue weighted by Gasteiger charge is -2.14. The second kappa shape index (κ2) is 9.40. The molecular weight excluding hydrogens is 368 g/mol. The van der Waals surface area contributed by atoms with Gasteiger partial charge in [0, 0.05) is 24.9 Å². The molecule has 4 nitrogen and oxygen atoms in total. The molecule has 1 aliphatic rings. The van der Waals surface area contributed by atoms with Gasteiger partial charge in [0.15, 0.2) is 0 Å². The van der Waals surface area contributed by atoms with Crippen molar-refractivity contribution in [2.45, 2.75) is 39.0 Å². The van der Waals surface area contributed by atoms with E-state index in [4.69, 9.17) is 9.97 Å². The molecule has 1 aliphatic carbocycles. The Bertz CT molecular complexity index is 995. The van der Waals surface area contributed by atoms with Crippen molar-refractivity contribution in [3.8, 4) is 11.1 Å². The zero-order valence-electron chi connectivity index (χ0n) is 18.4. The highest BCUT2D eigenvalue weighted by molar-refractivity contribution is 5.84. The van der Waals surface area contributed by atoms with Gasteiger partial charge in [0.25, 0.3) is 0 Å². The summed E-state index contributed by atoms with van der Waals surface area (Å²) in [5, 5.41) is 3.65. The topological polar surface area (TPSA) is 41.1 Å². The molecule has 30 heavy (non-hydrogen) atoms. The average molecular weight is 401 g/mol. The van der Waals surface area contributed by atoms with Gasteiger partial charge in [0.05, 0.1) is 5.69 Å². The highest BCUT2D eigenvalue weighted by Gasteiger charge is 2.25. The van der Waals surface area contributed by atoms with Crippen LogP contribution in [0, 0.1) is 6.92 Å². The third-order valence-corrected chi connectivity index (χ3v) is 5.70. The number of unbranched alkanes of at least 4 members (excludes halogenated alkanes) is 2. The Kier molecular flexibility index (Phi) is 6.44. The van der Waals surface area contributed by atoms with Crippen molar-refractivity contribution in [2.24, 2.45) is 0 Å². The van der Waals surface area contributed by atoms with Crippen molar-refractivity contribution in [3.63, 3.8) is 0 Å². The molecule has 0 bridgehead atoms. The van der Waals surface area contributed by atoms with Gasteiger partial charge in [-0.25, -0.2) is 9.97 Å². The first-order valence-corrected chi connectivity index (χ1v) is 11.0. The van der Waals surface area contributed by atoms with Gasteiger partial charge in [-0.3, -0.25) is 0 Å². The van der Waals surface area contributed by atoms with Gasteiger partial charge < -0.3 is 10.2 Å². The third kappa shape index (κ3) is 4.88. The number of rotatable bonds is 9. The Hall–Kier alpha value is -2.72. The molecule has 0 amide bonds. The summed E-state index contributed by atoms with van der Waals surface area (Å²) in [4.78, 5) is 12.2. The van der Waals surface area contributed by atoms with Crippen LogP contribution in [-0.2, 0) is 12.8 Å². The highest BCUT2D eigenvalue weighted by atomic mass is 15.1. The Morgan fingerprint density at radius 3 is 2.60 bits per heavy atom. The van der Waals surface area contributed by atoms with Gasteiger partial charge in [-0.1, -0.05) is 60.5 Å². The minimum atomic E-state index is 0.765. The van der Waals surface area contributed by atoms with E-state index >= 15 is 0 Å². The summed E-state index contributed by atoms with van der Waals surface area (Å²) >= 11 is 0. The molecule has 4 rings (SSSR count). The normalized spacial score (nSPS) is 12.1. The van der Waals surface area contributed by atoms with Crippen LogP contribution in [0.2, 0.25) is 0 Å². The van der Waals surface area contributed by atoms with Crippen LogP contribution < -0.4 is 5.32 Å². The molecule has 0 fully saturated rings. The lowest BCUT2D eigenvalue weighted by atomic mass is 10.0. The largest absolute Gasteiger partial charge is 0.369 e. The number of nitrogens with one attached hydrogen (secondary N) is 1. The smallest absolute Gasteiger partial charge is 0.137 e. The number of benzene rings is 2. The van der Waals surface area contributed by atoms with Crippen molar-refractivity contribution >= 4 is 5.82 Å². The maximum atomic E-state index is 4.98. The molecule has 3 aromatic rings. The Labute approximate surface area is 180 Å². The minimum Gasteiger partial charge on any atom is -0.369 e. The van der Waals surface area contributed by atoms with Gasteiger partial charge in [-0.15, -0.1) is 0 Å². The van der Waals surface area contributed by atoms with Crippen LogP contribution in [0.1, 0.15) is 47.5 Å². The number of hydrogen-bond donors (Lipinski definition) is 1. The molecule has 0 aliphatic heterocycles. The van der Waals surface area contributed by atoms with Gasteiger partial charge >= 0.3 is 0 Å². The van der Waals surface area contributed by atoms with Crippen molar-refractivity contribution in [1.82, 2.24) is 14.9 Å². The molecule has 1 heterocycles. The predicted molar refractivity (Wildman–Crippen MR) is 125 cm³/mol. The van der Waals surface area contributed by atoms with E-state index in [2.05, 4.69) is 79.8 Å². The van der Waals surface area contributed by atoms with Gasteiger partial charge in [-0.2, -0.15) is 0 Å². The van der Waals surface area contributed by atoms with E-state index in [1.165, 1.54) is 40.7 Å². The summed E-state index contributed by atoms with van der Waals surface area (Å²) in [6.07, 6.45) is 5.28. The SMILES string of the molecule is Cc1ccc2c(c1)Cc1nc(Cc3ccccc3)nc(NCCCCCN(C)C)c1-2. The van der Waals surface area contributed by atoms with Crippen LogP contribution in [0.3, 0.4) is 0 Å². The van der Waals surface area contributed by atoms with Gasteiger partial charge in [0.2, 0.25) is 0 Å². The summed E-state index contributed by atoms with van der Waals surface area (Å²) in [6, 6.07) is 17.2. The van der Waals surface area contributed by atoms with Crippen molar-refractivity contribution in [3.05, 3.63) is 76.7 Å². The summed E-state index contributed by atoms with van der Waals surface area (Å²) < 4.78 is 0. The Balaban J connectivity index is 1.55. The van der Waals surface area contributed by atoms with Crippen molar-refractivity contribution < 1.29 is 0 Å². The molecule has 1 N–H and O–H groups in total. The molecule has 2 aromatic carbocycles. The monoisotopic (exact) mass is 400 g/mol. The summed E-state index contributed by atoms with van der Waals surface area (Å²) in [5.74, 6) is 1.90. The molecule has 0 atom stereocenters. The highest BCUT2D eigenvalue weighted by Crippen LogP contribution is 2.40.